The third-order valence-corrected chi connectivity index (χ3v) is 8.33. The second kappa shape index (κ2) is 16.1. The largest absolute Gasteiger partial charge is 0.481 e. The highest BCUT2D eigenvalue weighted by Gasteiger charge is 2.33. The summed E-state index contributed by atoms with van der Waals surface area (Å²) in [5, 5.41) is 18.0. The minimum absolute atomic E-state index is 0.0247. The Bertz CT molecular complexity index is 1370. The van der Waals surface area contributed by atoms with Crippen LogP contribution in [0.4, 0.5) is 13.2 Å². The molecule has 0 saturated carbocycles. The monoisotopic (exact) mass is 644 g/mol. The van der Waals surface area contributed by atoms with E-state index in [9.17, 15) is 23.1 Å². The molecule has 46 heavy (non-hydrogen) atoms. The number of aliphatic hydroxyl groups is 1. The van der Waals surface area contributed by atoms with Gasteiger partial charge < -0.3 is 15.1 Å². The van der Waals surface area contributed by atoms with Crippen LogP contribution in [0.25, 0.3) is 5.57 Å². The van der Waals surface area contributed by atoms with Crippen molar-refractivity contribution in [3.63, 3.8) is 0 Å². The average molecular weight is 645 g/mol. The summed E-state index contributed by atoms with van der Waals surface area (Å²) in [7, 11) is 0. The summed E-state index contributed by atoms with van der Waals surface area (Å²) in [5.41, 5.74) is 6.15. The van der Waals surface area contributed by atoms with Crippen LogP contribution in [0, 0.1) is 12.3 Å². The van der Waals surface area contributed by atoms with E-state index in [-0.39, 0.29) is 11.8 Å². The number of rotatable bonds is 7. The van der Waals surface area contributed by atoms with Crippen molar-refractivity contribution in [3.05, 3.63) is 87.6 Å². The topological polar surface area (TPSA) is 64.0 Å². The van der Waals surface area contributed by atoms with E-state index < -0.39 is 23.3 Å². The zero-order chi connectivity index (χ0) is 35.0. The van der Waals surface area contributed by atoms with E-state index in [4.69, 9.17) is 5.11 Å². The van der Waals surface area contributed by atoms with Crippen LogP contribution < -0.4 is 0 Å². The Labute approximate surface area is 274 Å². The SMILES string of the molecule is C=C(/C(=C(\C)CC(=O)O)N1CCC(C)(C)CC1)c1ccc2c(c1)CCN(Cc1cccc(C(F)(F)F)c1C)C2.CC.CC(C)(C)O. The molecule has 8 heteroatoms. The fraction of sp³-hybridized carbons (Fsp3) is 0.553. The van der Waals surface area contributed by atoms with Gasteiger partial charge in [0.1, 0.15) is 0 Å². The van der Waals surface area contributed by atoms with Crippen molar-refractivity contribution < 1.29 is 28.2 Å². The molecule has 0 atom stereocenters. The molecule has 5 nitrogen and oxygen atoms in total. The van der Waals surface area contributed by atoms with Crippen molar-refractivity contribution >= 4 is 11.5 Å². The third-order valence-electron chi connectivity index (χ3n) is 8.33. The number of carboxylic acid groups (broad SMARTS) is 1. The maximum Gasteiger partial charge on any atom is 0.416 e. The molecular weight excluding hydrogens is 589 g/mol. The first-order valence-corrected chi connectivity index (χ1v) is 16.3. The number of likely N-dealkylation sites (tertiary alicyclic amines) is 1. The quantitative estimate of drug-likeness (QED) is 0.294. The van der Waals surface area contributed by atoms with Gasteiger partial charge >= 0.3 is 12.1 Å². The fourth-order valence-electron chi connectivity index (χ4n) is 5.84. The number of nitrogens with zero attached hydrogens (tertiary/aromatic N) is 2. The van der Waals surface area contributed by atoms with Crippen LogP contribution in [0.5, 0.6) is 0 Å². The molecule has 0 amide bonds. The summed E-state index contributed by atoms with van der Waals surface area (Å²) in [6.07, 6.45) is -1.51. The first kappa shape index (κ1) is 39.1. The summed E-state index contributed by atoms with van der Waals surface area (Å²) in [5.74, 6) is -0.850. The van der Waals surface area contributed by atoms with Gasteiger partial charge in [-0.2, -0.15) is 13.2 Å². The van der Waals surface area contributed by atoms with Crippen molar-refractivity contribution in [2.45, 2.75) is 113 Å². The van der Waals surface area contributed by atoms with E-state index in [1.165, 1.54) is 11.6 Å². The number of allylic oxidation sites excluding steroid dienone is 1. The lowest BCUT2D eigenvalue weighted by Crippen LogP contribution is -2.37. The van der Waals surface area contributed by atoms with Gasteiger partial charge in [-0.15, -0.1) is 0 Å². The first-order valence-electron chi connectivity index (χ1n) is 16.3. The van der Waals surface area contributed by atoms with Crippen molar-refractivity contribution in [2.75, 3.05) is 19.6 Å². The fourth-order valence-corrected chi connectivity index (χ4v) is 5.84. The van der Waals surface area contributed by atoms with E-state index in [0.717, 1.165) is 72.9 Å². The molecule has 1 fully saturated rings. The Hall–Kier alpha value is -3.10. The number of hydrogen-bond donors (Lipinski definition) is 2. The van der Waals surface area contributed by atoms with E-state index in [2.05, 4.69) is 42.4 Å². The average Bonchev–Trinajstić information content (AvgIpc) is 2.94. The molecule has 256 valence electrons. The van der Waals surface area contributed by atoms with Gasteiger partial charge in [-0.1, -0.05) is 64.6 Å². The van der Waals surface area contributed by atoms with E-state index in [1.54, 1.807) is 33.8 Å². The Kier molecular flexibility index (Phi) is 13.7. The zero-order valence-corrected chi connectivity index (χ0v) is 29.4. The molecule has 2 N–H and O–H groups in total. The third kappa shape index (κ3) is 11.6. The second-order valence-corrected chi connectivity index (χ2v) is 14.0. The highest BCUT2D eigenvalue weighted by atomic mass is 19.4. The molecule has 2 aliphatic heterocycles. The maximum absolute atomic E-state index is 13.4. The number of piperidine rings is 1. The molecule has 0 bridgehead atoms. The van der Waals surface area contributed by atoms with Crippen LogP contribution in [0.3, 0.4) is 0 Å². The molecule has 0 spiro atoms. The lowest BCUT2D eigenvalue weighted by atomic mass is 9.82. The van der Waals surface area contributed by atoms with Crippen molar-refractivity contribution in [1.29, 1.82) is 0 Å². The first-order chi connectivity index (χ1) is 21.2. The molecule has 0 radical (unpaired) electrons. The van der Waals surface area contributed by atoms with Gasteiger partial charge in [0.05, 0.1) is 17.6 Å². The van der Waals surface area contributed by atoms with Gasteiger partial charge in [0.25, 0.3) is 0 Å². The van der Waals surface area contributed by atoms with Crippen LogP contribution in [0.2, 0.25) is 0 Å². The number of alkyl halides is 3. The molecule has 0 unspecified atom stereocenters. The van der Waals surface area contributed by atoms with Gasteiger partial charge in [-0.3, -0.25) is 9.69 Å². The van der Waals surface area contributed by atoms with Crippen molar-refractivity contribution in [1.82, 2.24) is 9.80 Å². The Balaban J connectivity index is 0.000000959. The molecule has 1 saturated heterocycles. The molecule has 2 aliphatic rings. The highest BCUT2D eigenvalue weighted by molar-refractivity contribution is 5.80. The highest BCUT2D eigenvalue weighted by Crippen LogP contribution is 2.37. The van der Waals surface area contributed by atoms with E-state index in [1.807, 2.05) is 26.8 Å². The van der Waals surface area contributed by atoms with Crippen LogP contribution in [-0.2, 0) is 30.5 Å². The minimum atomic E-state index is -4.35. The van der Waals surface area contributed by atoms with Crippen LogP contribution in [-0.4, -0.2) is 51.2 Å². The Morgan fingerprint density at radius 2 is 1.59 bits per heavy atom. The van der Waals surface area contributed by atoms with Crippen LogP contribution in [0.1, 0.15) is 108 Å². The van der Waals surface area contributed by atoms with Crippen molar-refractivity contribution in [2.24, 2.45) is 5.41 Å². The molecule has 2 aromatic carbocycles. The van der Waals surface area contributed by atoms with Gasteiger partial charge in [0, 0.05) is 38.4 Å². The molecule has 2 aromatic rings. The molecule has 2 heterocycles. The predicted octanol–water partition coefficient (Wildman–Crippen LogP) is 9.26. The zero-order valence-electron chi connectivity index (χ0n) is 29.4. The summed E-state index contributed by atoms with van der Waals surface area (Å²) in [6, 6.07) is 10.7. The number of benzene rings is 2. The number of halogens is 3. The molecule has 0 aliphatic carbocycles. The van der Waals surface area contributed by atoms with Gasteiger partial charge in [-0.05, 0) is 104 Å². The Morgan fingerprint density at radius 1 is 1.00 bits per heavy atom. The summed E-state index contributed by atoms with van der Waals surface area (Å²) in [4.78, 5) is 16.0. The van der Waals surface area contributed by atoms with Crippen molar-refractivity contribution in [3.8, 4) is 0 Å². The lowest BCUT2D eigenvalue weighted by molar-refractivity contribution is -0.138. The second-order valence-electron chi connectivity index (χ2n) is 14.0. The number of hydrogen-bond acceptors (Lipinski definition) is 4. The summed E-state index contributed by atoms with van der Waals surface area (Å²) >= 11 is 0. The van der Waals surface area contributed by atoms with Gasteiger partial charge in [0.2, 0.25) is 0 Å². The molecule has 0 aromatic heterocycles. The van der Waals surface area contributed by atoms with Crippen LogP contribution >= 0.6 is 0 Å². The standard InChI is InChI=1S/C32H39F3N2O2.C4H10O.C2H6/c1-21(17-29(38)39)30(37-15-12-31(4,5)13-16-37)23(3)24-9-10-27-20-36(14-11-25(27)18-24)19-26-7-6-8-28(22(26)2)32(33,34)35;1-4(2,3)5;1-2/h6-10,18H,3,11-17,19-20H2,1-2,4-5H3,(H,38,39);5H,1-3H3;1-2H3/b30-21-;;. The van der Waals surface area contributed by atoms with Gasteiger partial charge in [-0.25, -0.2) is 0 Å². The summed E-state index contributed by atoms with van der Waals surface area (Å²) < 4.78 is 40.1. The van der Waals surface area contributed by atoms with Gasteiger partial charge in [0.15, 0.2) is 0 Å². The van der Waals surface area contributed by atoms with Crippen LogP contribution in [0.15, 0.2) is 54.2 Å². The maximum atomic E-state index is 13.4. The Morgan fingerprint density at radius 3 is 2.13 bits per heavy atom. The molecule has 4 rings (SSSR count). The smallest absolute Gasteiger partial charge is 0.416 e. The molecular formula is C38H55F3N2O3. The number of carbonyl (C=O) groups is 1. The number of carboxylic acids is 1. The number of fused-ring (bicyclic) bond motifs is 1. The minimum Gasteiger partial charge on any atom is -0.481 e. The predicted molar refractivity (Wildman–Crippen MR) is 182 cm³/mol. The summed E-state index contributed by atoms with van der Waals surface area (Å²) in [6.45, 7) is 25.3. The normalized spacial score (nSPS) is 17.0. The lowest BCUT2D eigenvalue weighted by Gasteiger charge is -2.40. The van der Waals surface area contributed by atoms with E-state index in [0.29, 0.717) is 24.2 Å². The van der Waals surface area contributed by atoms with E-state index >= 15 is 0 Å². The number of aliphatic carboxylic acids is 1.